The minimum atomic E-state index is -3.31. The fourth-order valence-electron chi connectivity index (χ4n) is 2.04. The molecular weight excluding hydrogens is 341 g/mol. The first-order valence-corrected chi connectivity index (χ1v) is 8.62. The van der Waals surface area contributed by atoms with Crippen LogP contribution >= 0.6 is 0 Å². The second-order valence-electron chi connectivity index (χ2n) is 4.98. The number of halogens is 1. The average molecular weight is 359 g/mol. The van der Waals surface area contributed by atoms with Crippen molar-refractivity contribution in [2.45, 2.75) is 23.0 Å². The second-order valence-corrected chi connectivity index (χ2v) is 7.21. The first-order chi connectivity index (χ1) is 11.2. The van der Waals surface area contributed by atoms with Crippen LogP contribution in [0.15, 0.2) is 41.3 Å². The highest BCUT2D eigenvalue weighted by atomic mass is 32.2. The monoisotopic (exact) mass is 359 g/mol. The molecular formula is C15H18FNO6S. The summed E-state index contributed by atoms with van der Waals surface area (Å²) >= 11 is 0. The molecule has 1 aliphatic heterocycles. The number of carbonyl (C=O) groups is 2. The molecule has 0 spiro atoms. The van der Waals surface area contributed by atoms with Gasteiger partial charge in [0.1, 0.15) is 5.82 Å². The van der Waals surface area contributed by atoms with Gasteiger partial charge in [-0.1, -0.05) is 0 Å². The summed E-state index contributed by atoms with van der Waals surface area (Å²) in [5.74, 6) is -2.93. The highest BCUT2D eigenvalue weighted by molar-refractivity contribution is 7.92. The molecule has 0 amide bonds. The number of rotatable bonds is 4. The molecule has 1 aromatic rings. The first-order valence-electron chi connectivity index (χ1n) is 7.07. The molecule has 0 saturated carbocycles. The van der Waals surface area contributed by atoms with E-state index in [4.69, 9.17) is 10.2 Å². The van der Waals surface area contributed by atoms with E-state index >= 15 is 0 Å². The molecule has 0 aliphatic carbocycles. The predicted molar refractivity (Wildman–Crippen MR) is 83.9 cm³/mol. The minimum absolute atomic E-state index is 0.211. The zero-order chi connectivity index (χ0) is 18.2. The Hall–Kier alpha value is -2.26. The van der Waals surface area contributed by atoms with Crippen LogP contribution < -0.4 is 5.32 Å². The van der Waals surface area contributed by atoms with Crippen LogP contribution in [0.1, 0.15) is 12.8 Å². The van der Waals surface area contributed by atoms with Gasteiger partial charge in [0.2, 0.25) is 0 Å². The van der Waals surface area contributed by atoms with Crippen molar-refractivity contribution in [1.29, 1.82) is 0 Å². The Morgan fingerprint density at radius 3 is 2.08 bits per heavy atom. The van der Waals surface area contributed by atoms with Crippen LogP contribution in [-0.4, -0.2) is 48.9 Å². The summed E-state index contributed by atoms with van der Waals surface area (Å²) in [5.41, 5.74) is 0. The maximum absolute atomic E-state index is 12.7. The molecule has 1 saturated heterocycles. The average Bonchev–Trinajstić information content (AvgIpc) is 2.55. The quantitative estimate of drug-likeness (QED) is 0.543. The molecule has 132 valence electrons. The molecule has 1 heterocycles. The molecule has 0 bridgehead atoms. The maximum atomic E-state index is 12.7. The Labute approximate surface area is 138 Å². The summed E-state index contributed by atoms with van der Waals surface area (Å²) in [5, 5.41) is 18.3. The van der Waals surface area contributed by atoms with E-state index in [1.165, 1.54) is 24.3 Å². The van der Waals surface area contributed by atoms with Gasteiger partial charge in [-0.3, -0.25) is 0 Å². The summed E-state index contributed by atoms with van der Waals surface area (Å²) in [7, 11) is -3.31. The van der Waals surface area contributed by atoms with Crippen LogP contribution in [0.4, 0.5) is 4.39 Å². The number of carboxylic acids is 2. The van der Waals surface area contributed by atoms with E-state index in [-0.39, 0.29) is 10.1 Å². The first kappa shape index (κ1) is 19.8. The van der Waals surface area contributed by atoms with Crippen molar-refractivity contribution >= 4 is 21.8 Å². The number of sulfone groups is 1. The van der Waals surface area contributed by atoms with Crippen LogP contribution in [0.25, 0.3) is 0 Å². The van der Waals surface area contributed by atoms with Gasteiger partial charge in [0.25, 0.3) is 0 Å². The molecule has 2 rings (SSSR count). The van der Waals surface area contributed by atoms with E-state index in [1.807, 2.05) is 0 Å². The Bertz CT molecular complexity index is 677. The summed E-state index contributed by atoms with van der Waals surface area (Å²) < 4.78 is 37.0. The van der Waals surface area contributed by atoms with Gasteiger partial charge in [-0.2, -0.15) is 0 Å². The molecule has 9 heteroatoms. The van der Waals surface area contributed by atoms with Crippen molar-refractivity contribution in [3.05, 3.63) is 42.2 Å². The highest BCUT2D eigenvalue weighted by Crippen LogP contribution is 2.21. The van der Waals surface area contributed by atoms with E-state index in [9.17, 15) is 22.4 Å². The third-order valence-electron chi connectivity index (χ3n) is 3.20. The summed E-state index contributed by atoms with van der Waals surface area (Å²) in [6.07, 6.45) is 2.66. The van der Waals surface area contributed by atoms with E-state index in [0.717, 1.165) is 13.0 Å². The lowest BCUT2D eigenvalue weighted by molar-refractivity contribution is -0.134. The lowest BCUT2D eigenvalue weighted by atomic mass is 10.2. The lowest BCUT2D eigenvalue weighted by Crippen LogP contribution is -2.38. The minimum Gasteiger partial charge on any atom is -0.478 e. The van der Waals surface area contributed by atoms with Gasteiger partial charge >= 0.3 is 11.9 Å². The fraction of sp³-hybridized carbons (Fsp3) is 0.333. The van der Waals surface area contributed by atoms with Crippen LogP contribution in [0.2, 0.25) is 0 Å². The van der Waals surface area contributed by atoms with Crippen molar-refractivity contribution < 1.29 is 32.6 Å². The summed E-state index contributed by atoms with van der Waals surface area (Å²) in [6.45, 7) is 1.36. The van der Waals surface area contributed by atoms with Crippen molar-refractivity contribution in [2.24, 2.45) is 0 Å². The Kier molecular flexibility index (Phi) is 7.53. The SMILES string of the molecule is O=C(O)C=CC(=O)O.O=S(=O)(c1ccc(F)cc1)C1CCCNC1. The lowest BCUT2D eigenvalue weighted by Gasteiger charge is -2.22. The van der Waals surface area contributed by atoms with E-state index in [0.29, 0.717) is 25.1 Å². The van der Waals surface area contributed by atoms with Gasteiger partial charge in [0.15, 0.2) is 9.84 Å². The molecule has 1 fully saturated rings. The Balaban J connectivity index is 0.000000307. The van der Waals surface area contributed by atoms with Gasteiger partial charge in [0.05, 0.1) is 10.1 Å². The molecule has 1 aliphatic rings. The smallest absolute Gasteiger partial charge is 0.328 e. The van der Waals surface area contributed by atoms with Crippen LogP contribution in [0, 0.1) is 5.82 Å². The summed E-state index contributed by atoms with van der Waals surface area (Å²) in [4.78, 5) is 19.3. The number of piperidine rings is 1. The van der Waals surface area contributed by atoms with Crippen molar-refractivity contribution in [3.8, 4) is 0 Å². The molecule has 1 unspecified atom stereocenters. The zero-order valence-electron chi connectivity index (χ0n) is 12.7. The predicted octanol–water partition coefficient (Wildman–Crippen LogP) is 1.06. The van der Waals surface area contributed by atoms with Gasteiger partial charge in [-0.25, -0.2) is 22.4 Å². The maximum Gasteiger partial charge on any atom is 0.328 e. The normalized spacial score (nSPS) is 17.8. The number of hydrogen-bond donors (Lipinski definition) is 3. The van der Waals surface area contributed by atoms with Gasteiger partial charge in [-0.15, -0.1) is 0 Å². The molecule has 1 atom stereocenters. The topological polar surface area (TPSA) is 121 Å². The van der Waals surface area contributed by atoms with Crippen LogP contribution in [0.5, 0.6) is 0 Å². The molecule has 3 N–H and O–H groups in total. The van der Waals surface area contributed by atoms with Crippen molar-refractivity contribution in [3.63, 3.8) is 0 Å². The molecule has 0 radical (unpaired) electrons. The van der Waals surface area contributed by atoms with E-state index < -0.39 is 27.6 Å². The molecule has 0 aromatic heterocycles. The third kappa shape index (κ3) is 6.47. The largest absolute Gasteiger partial charge is 0.478 e. The third-order valence-corrected chi connectivity index (χ3v) is 5.41. The summed E-state index contributed by atoms with van der Waals surface area (Å²) in [6, 6.07) is 5.03. The number of hydrogen-bond acceptors (Lipinski definition) is 5. The number of carboxylic acid groups (broad SMARTS) is 2. The van der Waals surface area contributed by atoms with Crippen LogP contribution in [-0.2, 0) is 19.4 Å². The number of aliphatic carboxylic acids is 2. The highest BCUT2D eigenvalue weighted by Gasteiger charge is 2.28. The van der Waals surface area contributed by atoms with E-state index in [1.54, 1.807) is 0 Å². The van der Waals surface area contributed by atoms with Crippen molar-refractivity contribution in [2.75, 3.05) is 13.1 Å². The second kappa shape index (κ2) is 9.14. The van der Waals surface area contributed by atoms with Crippen LogP contribution in [0.3, 0.4) is 0 Å². The molecule has 24 heavy (non-hydrogen) atoms. The van der Waals surface area contributed by atoms with Gasteiger partial charge < -0.3 is 15.5 Å². The zero-order valence-corrected chi connectivity index (χ0v) is 13.5. The molecule has 7 nitrogen and oxygen atoms in total. The number of nitrogens with one attached hydrogen (secondary N) is 1. The van der Waals surface area contributed by atoms with Gasteiger partial charge in [-0.05, 0) is 43.7 Å². The fourth-order valence-corrected chi connectivity index (χ4v) is 3.76. The number of benzene rings is 1. The van der Waals surface area contributed by atoms with E-state index in [2.05, 4.69) is 5.32 Å². The standard InChI is InChI=1S/C11H14FNO2S.C4H4O4/c12-9-3-5-10(6-4-9)16(14,15)11-2-1-7-13-8-11;5-3(6)1-2-4(7)8/h3-6,11,13H,1-2,7-8H2;1-2H,(H,5,6)(H,7,8). The molecule has 1 aromatic carbocycles. The van der Waals surface area contributed by atoms with Crippen molar-refractivity contribution in [1.82, 2.24) is 5.32 Å². The van der Waals surface area contributed by atoms with Gasteiger partial charge in [0, 0.05) is 18.7 Å². The Morgan fingerprint density at radius 2 is 1.67 bits per heavy atom. The Morgan fingerprint density at radius 1 is 1.12 bits per heavy atom.